The zero-order chi connectivity index (χ0) is 13.8. The highest BCUT2D eigenvalue weighted by Crippen LogP contribution is 2.23. The van der Waals surface area contributed by atoms with Gasteiger partial charge in [0.1, 0.15) is 6.10 Å². The normalized spacial score (nSPS) is 11.9. The minimum absolute atomic E-state index is 0.287. The Morgan fingerprint density at radius 1 is 1.21 bits per heavy atom. The SMILES string of the molecule is CC(OC(=O)c1ccc(Br)cc1S)c1ccccc1. The van der Waals surface area contributed by atoms with E-state index in [-0.39, 0.29) is 12.1 Å². The summed E-state index contributed by atoms with van der Waals surface area (Å²) in [6.07, 6.45) is -0.287. The molecule has 2 aromatic carbocycles. The molecule has 0 bridgehead atoms. The van der Waals surface area contributed by atoms with Crippen LogP contribution in [0, 0.1) is 0 Å². The van der Waals surface area contributed by atoms with E-state index in [0.717, 1.165) is 10.0 Å². The van der Waals surface area contributed by atoms with Gasteiger partial charge in [0.05, 0.1) is 5.56 Å². The quantitative estimate of drug-likeness (QED) is 0.651. The topological polar surface area (TPSA) is 26.3 Å². The summed E-state index contributed by atoms with van der Waals surface area (Å²) in [4.78, 5) is 12.7. The van der Waals surface area contributed by atoms with E-state index in [4.69, 9.17) is 4.74 Å². The Balaban J connectivity index is 2.13. The van der Waals surface area contributed by atoms with Crippen LogP contribution in [-0.2, 0) is 4.74 Å². The summed E-state index contributed by atoms with van der Waals surface area (Å²) in [5.74, 6) is -0.367. The third kappa shape index (κ3) is 3.61. The summed E-state index contributed by atoms with van der Waals surface area (Å²) in [7, 11) is 0. The molecule has 0 spiro atoms. The van der Waals surface area contributed by atoms with Crippen LogP contribution in [-0.4, -0.2) is 5.97 Å². The summed E-state index contributed by atoms with van der Waals surface area (Å²) < 4.78 is 6.32. The predicted octanol–water partition coefficient (Wildman–Crippen LogP) is 4.66. The second kappa shape index (κ2) is 6.26. The van der Waals surface area contributed by atoms with Crippen LogP contribution in [0.4, 0.5) is 0 Å². The third-order valence-corrected chi connectivity index (χ3v) is 3.60. The Hall–Kier alpha value is -1.26. The molecule has 0 aromatic heterocycles. The maximum atomic E-state index is 12.1. The molecule has 0 aliphatic heterocycles. The van der Waals surface area contributed by atoms with Crippen LogP contribution in [0.15, 0.2) is 57.9 Å². The van der Waals surface area contributed by atoms with Gasteiger partial charge >= 0.3 is 5.97 Å². The van der Waals surface area contributed by atoms with Crippen molar-refractivity contribution >= 4 is 34.5 Å². The van der Waals surface area contributed by atoms with E-state index in [1.165, 1.54) is 0 Å². The van der Waals surface area contributed by atoms with Crippen LogP contribution in [0.2, 0.25) is 0 Å². The predicted molar refractivity (Wildman–Crippen MR) is 81.7 cm³/mol. The maximum absolute atomic E-state index is 12.1. The summed E-state index contributed by atoms with van der Waals surface area (Å²) in [6.45, 7) is 1.85. The van der Waals surface area contributed by atoms with Crippen molar-refractivity contribution in [2.45, 2.75) is 17.9 Å². The highest BCUT2D eigenvalue weighted by Gasteiger charge is 2.15. The molecule has 0 amide bonds. The van der Waals surface area contributed by atoms with Crippen LogP contribution >= 0.6 is 28.6 Å². The van der Waals surface area contributed by atoms with Crippen molar-refractivity contribution in [3.63, 3.8) is 0 Å². The smallest absolute Gasteiger partial charge is 0.339 e. The molecule has 2 aromatic rings. The lowest BCUT2D eigenvalue weighted by atomic mass is 10.1. The molecule has 4 heteroatoms. The van der Waals surface area contributed by atoms with Crippen molar-refractivity contribution < 1.29 is 9.53 Å². The van der Waals surface area contributed by atoms with Gasteiger partial charge in [-0.05, 0) is 30.7 Å². The minimum atomic E-state index is -0.367. The van der Waals surface area contributed by atoms with E-state index in [9.17, 15) is 4.79 Å². The van der Waals surface area contributed by atoms with E-state index in [2.05, 4.69) is 28.6 Å². The van der Waals surface area contributed by atoms with Crippen LogP contribution in [0.25, 0.3) is 0 Å². The van der Waals surface area contributed by atoms with Gasteiger partial charge in [-0.1, -0.05) is 46.3 Å². The molecule has 0 saturated carbocycles. The number of halogens is 1. The first-order chi connectivity index (χ1) is 9.08. The largest absolute Gasteiger partial charge is 0.454 e. The molecule has 0 heterocycles. The van der Waals surface area contributed by atoms with Crippen LogP contribution < -0.4 is 0 Å². The van der Waals surface area contributed by atoms with Gasteiger partial charge in [0.15, 0.2) is 0 Å². The van der Waals surface area contributed by atoms with E-state index < -0.39 is 0 Å². The summed E-state index contributed by atoms with van der Waals surface area (Å²) in [5, 5.41) is 0. The first-order valence-corrected chi connectivity index (χ1v) is 7.06. The van der Waals surface area contributed by atoms with Gasteiger partial charge < -0.3 is 4.74 Å². The number of hydrogen-bond donors (Lipinski definition) is 1. The lowest BCUT2D eigenvalue weighted by Gasteiger charge is -2.14. The fraction of sp³-hybridized carbons (Fsp3) is 0.133. The summed E-state index contributed by atoms with van der Waals surface area (Å²) in [6, 6.07) is 14.9. The highest BCUT2D eigenvalue weighted by molar-refractivity contribution is 9.10. The molecule has 0 aliphatic rings. The van der Waals surface area contributed by atoms with Gasteiger partial charge in [-0.25, -0.2) is 4.79 Å². The molecular formula is C15H13BrO2S. The average molecular weight is 337 g/mol. The molecule has 0 radical (unpaired) electrons. The maximum Gasteiger partial charge on any atom is 0.339 e. The number of carbonyl (C=O) groups is 1. The van der Waals surface area contributed by atoms with Crippen molar-refractivity contribution in [3.8, 4) is 0 Å². The van der Waals surface area contributed by atoms with E-state index in [1.807, 2.05) is 37.3 Å². The molecule has 0 fully saturated rings. The molecular weight excluding hydrogens is 324 g/mol. The molecule has 19 heavy (non-hydrogen) atoms. The molecule has 0 N–H and O–H groups in total. The number of ether oxygens (including phenoxy) is 1. The monoisotopic (exact) mass is 336 g/mol. The average Bonchev–Trinajstić information content (AvgIpc) is 2.39. The first kappa shape index (κ1) is 14.2. The van der Waals surface area contributed by atoms with Crippen molar-refractivity contribution in [3.05, 3.63) is 64.1 Å². The second-order valence-electron chi connectivity index (χ2n) is 4.12. The standard InChI is InChI=1S/C15H13BrO2S/c1-10(11-5-3-2-4-6-11)18-15(17)13-8-7-12(16)9-14(13)19/h2-10,19H,1H3. The van der Waals surface area contributed by atoms with Crippen LogP contribution in [0.1, 0.15) is 28.9 Å². The zero-order valence-electron chi connectivity index (χ0n) is 10.3. The Kier molecular flexibility index (Phi) is 4.66. The second-order valence-corrected chi connectivity index (χ2v) is 5.52. The molecule has 1 atom stereocenters. The number of esters is 1. The first-order valence-electron chi connectivity index (χ1n) is 5.82. The Bertz CT molecular complexity index is 584. The molecule has 0 aliphatic carbocycles. The lowest BCUT2D eigenvalue weighted by molar-refractivity contribution is 0.0334. The van der Waals surface area contributed by atoms with E-state index in [1.54, 1.807) is 18.2 Å². The van der Waals surface area contributed by atoms with Gasteiger partial charge in [-0.2, -0.15) is 0 Å². The van der Waals surface area contributed by atoms with Crippen LogP contribution in [0.5, 0.6) is 0 Å². The third-order valence-electron chi connectivity index (χ3n) is 2.73. The van der Waals surface area contributed by atoms with Gasteiger partial charge in [-0.3, -0.25) is 0 Å². The van der Waals surface area contributed by atoms with Gasteiger partial charge in [-0.15, -0.1) is 12.6 Å². The number of rotatable bonds is 3. The van der Waals surface area contributed by atoms with Crippen molar-refractivity contribution in [1.82, 2.24) is 0 Å². The number of thiol groups is 1. The Morgan fingerprint density at radius 3 is 2.53 bits per heavy atom. The molecule has 2 nitrogen and oxygen atoms in total. The van der Waals surface area contributed by atoms with Crippen molar-refractivity contribution in [2.24, 2.45) is 0 Å². The minimum Gasteiger partial charge on any atom is -0.454 e. The molecule has 1 unspecified atom stereocenters. The fourth-order valence-electron chi connectivity index (χ4n) is 1.69. The van der Waals surface area contributed by atoms with Crippen molar-refractivity contribution in [1.29, 1.82) is 0 Å². The molecule has 98 valence electrons. The molecule has 0 saturated heterocycles. The number of benzene rings is 2. The van der Waals surface area contributed by atoms with E-state index >= 15 is 0 Å². The van der Waals surface area contributed by atoms with Gasteiger partial charge in [0, 0.05) is 9.37 Å². The summed E-state index contributed by atoms with van der Waals surface area (Å²) >= 11 is 7.62. The number of hydrogen-bond acceptors (Lipinski definition) is 3. The van der Waals surface area contributed by atoms with Gasteiger partial charge in [0.2, 0.25) is 0 Å². The fourth-order valence-corrected chi connectivity index (χ4v) is 2.54. The zero-order valence-corrected chi connectivity index (χ0v) is 12.8. The van der Waals surface area contributed by atoms with Crippen molar-refractivity contribution in [2.75, 3.05) is 0 Å². The van der Waals surface area contributed by atoms with Gasteiger partial charge in [0.25, 0.3) is 0 Å². The molecule has 2 rings (SSSR count). The van der Waals surface area contributed by atoms with Crippen LogP contribution in [0.3, 0.4) is 0 Å². The summed E-state index contributed by atoms with van der Waals surface area (Å²) in [5.41, 5.74) is 1.43. The van der Waals surface area contributed by atoms with E-state index in [0.29, 0.717) is 10.5 Å². The Labute approximate surface area is 126 Å². The highest BCUT2D eigenvalue weighted by atomic mass is 79.9. The Morgan fingerprint density at radius 2 is 1.89 bits per heavy atom. The lowest BCUT2D eigenvalue weighted by Crippen LogP contribution is -2.09. The number of carbonyl (C=O) groups excluding carboxylic acids is 1.